The number of nitrogen functional groups attached to an aromatic ring is 1. The lowest BCUT2D eigenvalue weighted by Crippen LogP contribution is -2.19. The Morgan fingerprint density at radius 2 is 1.83 bits per heavy atom. The van der Waals surface area contributed by atoms with Crippen molar-refractivity contribution >= 4 is 29.5 Å². The number of ether oxygens (including phenoxy) is 3. The summed E-state index contributed by atoms with van der Waals surface area (Å²) in [7, 11) is 4.51. The molecule has 0 aliphatic carbocycles. The molecule has 0 fully saturated rings. The van der Waals surface area contributed by atoms with Crippen LogP contribution in [0.15, 0.2) is 46.1 Å². The van der Waals surface area contributed by atoms with Crippen molar-refractivity contribution in [2.75, 3.05) is 27.1 Å². The third-order valence-corrected chi connectivity index (χ3v) is 5.15. The average molecular weight is 499 g/mol. The fraction of sp³-hybridized carbons (Fsp3) is 0.143. The number of halogens is 1. The Morgan fingerprint density at radius 1 is 1.11 bits per heavy atom. The zero-order valence-electron chi connectivity index (χ0n) is 18.7. The molecular weight excluding hydrogens is 480 g/mol. The quantitative estimate of drug-likeness (QED) is 0.272. The molecule has 0 atom stereocenters. The van der Waals surface area contributed by atoms with E-state index < -0.39 is 5.91 Å². The number of anilines is 1. The molecule has 14 heteroatoms. The van der Waals surface area contributed by atoms with Gasteiger partial charge in [-0.2, -0.15) is 9.78 Å². The highest BCUT2D eigenvalue weighted by Crippen LogP contribution is 2.34. The number of benzene rings is 2. The summed E-state index contributed by atoms with van der Waals surface area (Å²) in [6.07, 6.45) is 1.39. The lowest BCUT2D eigenvalue weighted by Gasteiger charge is -2.11. The van der Waals surface area contributed by atoms with Crippen LogP contribution in [0.1, 0.15) is 16.1 Å². The van der Waals surface area contributed by atoms with Crippen LogP contribution in [0.4, 0.5) is 5.82 Å². The van der Waals surface area contributed by atoms with Crippen LogP contribution in [0.25, 0.3) is 17.1 Å². The minimum absolute atomic E-state index is 0.0463. The summed E-state index contributed by atoms with van der Waals surface area (Å²) in [6, 6.07) is 10.1. The second-order valence-corrected chi connectivity index (χ2v) is 7.21. The Balaban J connectivity index is 1.69. The SMILES string of the molecule is COc1cc(OC)c(OC)cc1/C=N/NC(=O)c1nnn(-c2nonc2N)c1-c1ccccc1Cl. The number of hydrazone groups is 1. The fourth-order valence-electron chi connectivity index (χ4n) is 3.18. The molecule has 2 heterocycles. The Kier molecular flexibility index (Phi) is 6.78. The van der Waals surface area contributed by atoms with Crippen molar-refractivity contribution in [2.24, 2.45) is 5.10 Å². The number of aromatic nitrogens is 5. The van der Waals surface area contributed by atoms with E-state index in [2.05, 4.69) is 35.8 Å². The van der Waals surface area contributed by atoms with Crippen molar-refractivity contribution in [1.29, 1.82) is 0 Å². The number of nitrogens with one attached hydrogen (secondary N) is 1. The number of rotatable bonds is 8. The summed E-state index contributed by atoms with van der Waals surface area (Å²) in [5, 5.41) is 19.6. The van der Waals surface area contributed by atoms with Gasteiger partial charge in [0.1, 0.15) is 11.4 Å². The first-order chi connectivity index (χ1) is 17.0. The molecule has 4 rings (SSSR count). The van der Waals surface area contributed by atoms with E-state index in [1.165, 1.54) is 32.2 Å². The zero-order valence-corrected chi connectivity index (χ0v) is 19.5. The van der Waals surface area contributed by atoms with Crippen LogP contribution in [0.3, 0.4) is 0 Å². The molecule has 180 valence electrons. The molecule has 0 aliphatic rings. The lowest BCUT2D eigenvalue weighted by molar-refractivity contribution is 0.0950. The molecule has 0 radical (unpaired) electrons. The fourth-order valence-corrected chi connectivity index (χ4v) is 3.41. The van der Waals surface area contributed by atoms with Crippen LogP contribution in [-0.4, -0.2) is 58.8 Å². The molecule has 3 N–H and O–H groups in total. The van der Waals surface area contributed by atoms with Gasteiger partial charge >= 0.3 is 0 Å². The molecule has 0 saturated carbocycles. The maximum absolute atomic E-state index is 13.0. The number of carbonyl (C=O) groups is 1. The van der Waals surface area contributed by atoms with E-state index in [1.54, 1.807) is 36.4 Å². The standard InChI is InChI=1S/C21H19ClN8O5/c1-32-14-9-16(34-3)15(33-2)8-11(14)10-24-26-21(31)17-18(12-6-4-5-7-13(12)22)30(29-25-17)20-19(23)27-35-28-20/h4-10H,1-3H3,(H2,23,27)(H,26,31)/b24-10+. The monoisotopic (exact) mass is 498 g/mol. The number of carbonyl (C=O) groups excluding carboxylic acids is 1. The van der Waals surface area contributed by atoms with Crippen LogP contribution < -0.4 is 25.4 Å². The molecular formula is C21H19ClN8O5. The highest BCUT2D eigenvalue weighted by molar-refractivity contribution is 6.33. The van der Waals surface area contributed by atoms with Crippen LogP contribution in [0.2, 0.25) is 5.02 Å². The molecule has 2 aromatic carbocycles. The molecule has 0 bridgehead atoms. The van der Waals surface area contributed by atoms with E-state index in [9.17, 15) is 4.79 Å². The van der Waals surface area contributed by atoms with Gasteiger partial charge in [0.2, 0.25) is 11.6 Å². The summed E-state index contributed by atoms with van der Waals surface area (Å²) in [4.78, 5) is 13.0. The third-order valence-electron chi connectivity index (χ3n) is 4.82. The third kappa shape index (κ3) is 4.56. The minimum atomic E-state index is -0.670. The van der Waals surface area contributed by atoms with E-state index in [4.69, 9.17) is 31.5 Å². The number of amides is 1. The van der Waals surface area contributed by atoms with Gasteiger partial charge in [-0.1, -0.05) is 35.0 Å². The van der Waals surface area contributed by atoms with Crippen LogP contribution in [0.5, 0.6) is 17.2 Å². The Bertz CT molecular complexity index is 1400. The molecule has 0 aliphatic heterocycles. The summed E-state index contributed by atoms with van der Waals surface area (Å²) in [6.45, 7) is 0. The molecule has 4 aromatic rings. The summed E-state index contributed by atoms with van der Waals surface area (Å²) < 4.78 is 21.8. The van der Waals surface area contributed by atoms with E-state index >= 15 is 0 Å². The van der Waals surface area contributed by atoms with Crippen molar-refractivity contribution in [3.63, 3.8) is 0 Å². The van der Waals surface area contributed by atoms with Crippen LogP contribution in [-0.2, 0) is 0 Å². The minimum Gasteiger partial charge on any atom is -0.496 e. The first-order valence-corrected chi connectivity index (χ1v) is 10.3. The molecule has 35 heavy (non-hydrogen) atoms. The van der Waals surface area contributed by atoms with E-state index in [0.29, 0.717) is 33.4 Å². The first-order valence-electron chi connectivity index (χ1n) is 9.90. The Labute approximate surface area is 203 Å². The van der Waals surface area contributed by atoms with Crippen LogP contribution >= 0.6 is 11.6 Å². The molecule has 13 nitrogen and oxygen atoms in total. The van der Waals surface area contributed by atoms with E-state index in [0.717, 1.165) is 0 Å². The topological polar surface area (TPSA) is 165 Å². The predicted molar refractivity (Wildman–Crippen MR) is 125 cm³/mol. The van der Waals surface area contributed by atoms with Gasteiger partial charge in [-0.3, -0.25) is 4.79 Å². The molecule has 0 saturated heterocycles. The number of hydrogen-bond acceptors (Lipinski definition) is 11. The molecule has 1 amide bonds. The van der Waals surface area contributed by atoms with E-state index in [-0.39, 0.29) is 23.0 Å². The normalized spacial score (nSPS) is 11.0. The molecule has 0 spiro atoms. The van der Waals surface area contributed by atoms with Crippen molar-refractivity contribution in [3.8, 4) is 34.3 Å². The number of hydrogen-bond donors (Lipinski definition) is 2. The van der Waals surface area contributed by atoms with Crippen LogP contribution in [0, 0.1) is 0 Å². The highest BCUT2D eigenvalue weighted by Gasteiger charge is 2.26. The highest BCUT2D eigenvalue weighted by atomic mass is 35.5. The lowest BCUT2D eigenvalue weighted by atomic mass is 10.1. The smallest absolute Gasteiger partial charge is 0.294 e. The summed E-state index contributed by atoms with van der Waals surface area (Å²) in [5.41, 5.74) is 9.35. The van der Waals surface area contributed by atoms with Gasteiger partial charge in [-0.15, -0.1) is 5.10 Å². The predicted octanol–water partition coefficient (Wildman–Crippen LogP) is 2.34. The Hall–Kier alpha value is -4.65. The second kappa shape index (κ2) is 10.1. The van der Waals surface area contributed by atoms with E-state index in [1.807, 2.05) is 0 Å². The van der Waals surface area contributed by atoms with Crippen molar-refractivity contribution < 1.29 is 23.6 Å². The van der Waals surface area contributed by atoms with Gasteiger partial charge < -0.3 is 19.9 Å². The van der Waals surface area contributed by atoms with Gasteiger partial charge in [0.15, 0.2) is 17.2 Å². The van der Waals surface area contributed by atoms with Gasteiger partial charge in [0, 0.05) is 17.2 Å². The van der Waals surface area contributed by atoms with Gasteiger partial charge in [0.05, 0.1) is 32.6 Å². The number of nitrogens with zero attached hydrogens (tertiary/aromatic N) is 6. The number of methoxy groups -OCH3 is 3. The maximum atomic E-state index is 13.0. The van der Waals surface area contributed by atoms with Gasteiger partial charge in [-0.05, 0) is 22.4 Å². The average Bonchev–Trinajstić information content (AvgIpc) is 3.49. The summed E-state index contributed by atoms with van der Waals surface area (Å²) in [5.74, 6) is 0.727. The molecule has 0 unspecified atom stereocenters. The largest absolute Gasteiger partial charge is 0.496 e. The summed E-state index contributed by atoms with van der Waals surface area (Å²) >= 11 is 6.38. The first kappa shape index (κ1) is 23.5. The van der Waals surface area contributed by atoms with Crippen molar-refractivity contribution in [1.82, 2.24) is 30.7 Å². The second-order valence-electron chi connectivity index (χ2n) is 6.80. The van der Waals surface area contributed by atoms with Crippen molar-refractivity contribution in [2.45, 2.75) is 0 Å². The Morgan fingerprint density at radius 3 is 2.49 bits per heavy atom. The van der Waals surface area contributed by atoms with Gasteiger partial charge in [-0.25, -0.2) is 10.1 Å². The molecule has 2 aromatic heterocycles. The number of nitrogens with two attached hydrogens (primary N) is 1. The zero-order chi connectivity index (χ0) is 24.9. The van der Waals surface area contributed by atoms with Crippen molar-refractivity contribution in [3.05, 3.63) is 52.7 Å². The van der Waals surface area contributed by atoms with Gasteiger partial charge in [0.25, 0.3) is 5.91 Å². The maximum Gasteiger partial charge on any atom is 0.294 e.